The molecule has 2 aliphatic rings. The van der Waals surface area contributed by atoms with E-state index in [4.69, 9.17) is 4.74 Å². The zero-order chi connectivity index (χ0) is 18.4. The van der Waals surface area contributed by atoms with E-state index < -0.39 is 0 Å². The quantitative estimate of drug-likeness (QED) is 0.877. The highest BCUT2D eigenvalue weighted by Gasteiger charge is 2.29. The number of hydrogen-bond donors (Lipinski definition) is 1. The first kappa shape index (κ1) is 18.7. The van der Waals surface area contributed by atoms with Crippen LogP contribution in [0.1, 0.15) is 50.5 Å². The summed E-state index contributed by atoms with van der Waals surface area (Å²) < 4.78 is 5.42. The number of pyridine rings is 1. The normalized spacial score (nSPS) is 19.2. The zero-order valence-corrected chi connectivity index (χ0v) is 15.6. The second kappa shape index (κ2) is 9.01. The largest absolute Gasteiger partial charge is 0.468 e. The fourth-order valence-electron chi connectivity index (χ4n) is 3.80. The van der Waals surface area contributed by atoms with Gasteiger partial charge in [0.2, 0.25) is 11.8 Å². The average Bonchev–Trinajstić information content (AvgIpc) is 2.68. The molecule has 0 unspecified atom stereocenters. The number of rotatable bonds is 5. The van der Waals surface area contributed by atoms with Crippen molar-refractivity contribution in [3.8, 4) is 5.88 Å². The fourth-order valence-corrected chi connectivity index (χ4v) is 3.80. The zero-order valence-electron chi connectivity index (χ0n) is 15.6. The minimum atomic E-state index is -0.135. The smallest absolute Gasteiger partial charge is 0.258 e. The summed E-state index contributed by atoms with van der Waals surface area (Å²) in [6, 6.07) is 3.78. The van der Waals surface area contributed by atoms with Crippen LogP contribution in [0.3, 0.4) is 0 Å². The molecule has 2 fully saturated rings. The molecule has 3 rings (SSSR count). The first-order valence-corrected chi connectivity index (χ1v) is 9.75. The summed E-state index contributed by atoms with van der Waals surface area (Å²) >= 11 is 0. The van der Waals surface area contributed by atoms with Crippen molar-refractivity contribution in [3.05, 3.63) is 23.9 Å². The minimum absolute atomic E-state index is 0.0305. The van der Waals surface area contributed by atoms with E-state index in [1.54, 1.807) is 12.3 Å². The molecule has 1 aliphatic heterocycles. The van der Waals surface area contributed by atoms with Crippen LogP contribution in [-0.2, 0) is 9.59 Å². The molecule has 6 heteroatoms. The van der Waals surface area contributed by atoms with Crippen LogP contribution in [0.25, 0.3) is 0 Å². The van der Waals surface area contributed by atoms with E-state index in [0.29, 0.717) is 11.8 Å². The maximum Gasteiger partial charge on any atom is 0.258 e. The molecule has 0 radical (unpaired) electrons. The predicted molar refractivity (Wildman–Crippen MR) is 98.8 cm³/mol. The molecule has 1 saturated heterocycles. The lowest BCUT2D eigenvalue weighted by molar-refractivity contribution is -0.137. The van der Waals surface area contributed by atoms with Crippen molar-refractivity contribution in [2.45, 2.75) is 57.9 Å². The number of hydrogen-bond acceptors (Lipinski definition) is 4. The molecule has 1 aromatic heterocycles. The number of piperidine rings is 1. The van der Waals surface area contributed by atoms with Crippen LogP contribution in [0.2, 0.25) is 0 Å². The fraction of sp³-hybridized carbons (Fsp3) is 0.650. The first-order chi connectivity index (χ1) is 12.6. The first-order valence-electron chi connectivity index (χ1n) is 9.75. The highest BCUT2D eigenvalue weighted by atomic mass is 16.5. The SMILES string of the molecule is Cc1ccc(OCC(=O)NC2CCN(C(=O)C3CCCCC3)CC2)nc1. The number of nitrogens with zero attached hydrogens (tertiary/aromatic N) is 2. The average molecular weight is 359 g/mol. The van der Waals surface area contributed by atoms with Crippen molar-refractivity contribution in [1.82, 2.24) is 15.2 Å². The summed E-state index contributed by atoms with van der Waals surface area (Å²) in [7, 11) is 0. The number of ether oxygens (including phenoxy) is 1. The van der Waals surface area contributed by atoms with Crippen LogP contribution in [0.4, 0.5) is 0 Å². The van der Waals surface area contributed by atoms with Gasteiger partial charge in [0.05, 0.1) is 0 Å². The Bertz CT molecular complexity index is 603. The third kappa shape index (κ3) is 5.19. The molecule has 0 aromatic carbocycles. The third-order valence-corrected chi connectivity index (χ3v) is 5.36. The van der Waals surface area contributed by atoms with Crippen LogP contribution < -0.4 is 10.1 Å². The Kier molecular flexibility index (Phi) is 6.47. The van der Waals surface area contributed by atoms with Gasteiger partial charge in [-0.05, 0) is 38.2 Å². The molecule has 1 aliphatic carbocycles. The van der Waals surface area contributed by atoms with Gasteiger partial charge in [-0.1, -0.05) is 25.3 Å². The van der Waals surface area contributed by atoms with Crippen molar-refractivity contribution in [2.24, 2.45) is 5.92 Å². The summed E-state index contributed by atoms with van der Waals surface area (Å²) in [5.74, 6) is 0.872. The van der Waals surface area contributed by atoms with E-state index in [-0.39, 0.29) is 24.5 Å². The number of nitrogens with one attached hydrogen (secondary N) is 1. The molecule has 142 valence electrons. The van der Waals surface area contributed by atoms with Gasteiger partial charge in [0.25, 0.3) is 5.91 Å². The van der Waals surface area contributed by atoms with Gasteiger partial charge in [0.1, 0.15) is 0 Å². The molecule has 2 amide bonds. The summed E-state index contributed by atoms with van der Waals surface area (Å²) in [5.41, 5.74) is 1.05. The molecule has 0 spiro atoms. The third-order valence-electron chi connectivity index (χ3n) is 5.36. The number of amides is 2. The molecule has 0 bridgehead atoms. The molecule has 0 atom stereocenters. The molecule has 6 nitrogen and oxygen atoms in total. The van der Waals surface area contributed by atoms with Crippen molar-refractivity contribution >= 4 is 11.8 Å². The van der Waals surface area contributed by atoms with Gasteiger partial charge in [-0.3, -0.25) is 9.59 Å². The maximum atomic E-state index is 12.6. The maximum absolute atomic E-state index is 12.6. The Balaban J connectivity index is 1.37. The molecular weight excluding hydrogens is 330 g/mol. The highest BCUT2D eigenvalue weighted by molar-refractivity contribution is 5.79. The van der Waals surface area contributed by atoms with E-state index >= 15 is 0 Å². The van der Waals surface area contributed by atoms with Gasteiger partial charge >= 0.3 is 0 Å². The summed E-state index contributed by atoms with van der Waals surface area (Å²) in [6.45, 7) is 3.40. The molecule has 2 heterocycles. The number of likely N-dealkylation sites (tertiary alicyclic amines) is 1. The second-order valence-corrected chi connectivity index (χ2v) is 7.46. The van der Waals surface area contributed by atoms with Gasteiger partial charge in [0, 0.05) is 37.3 Å². The Hall–Kier alpha value is -2.11. The second-order valence-electron chi connectivity index (χ2n) is 7.46. The van der Waals surface area contributed by atoms with Crippen LogP contribution in [0.5, 0.6) is 5.88 Å². The van der Waals surface area contributed by atoms with Gasteiger partial charge < -0.3 is 15.0 Å². The lowest BCUT2D eigenvalue weighted by Gasteiger charge is -2.35. The van der Waals surface area contributed by atoms with E-state index in [2.05, 4.69) is 10.3 Å². The Labute approximate surface area is 155 Å². The van der Waals surface area contributed by atoms with Crippen molar-refractivity contribution < 1.29 is 14.3 Å². The Morgan fingerprint density at radius 1 is 1.15 bits per heavy atom. The Morgan fingerprint density at radius 2 is 1.88 bits per heavy atom. The predicted octanol–water partition coefficient (Wildman–Crippen LogP) is 2.46. The number of carbonyl (C=O) groups is 2. The standard InChI is InChI=1S/C20H29N3O3/c1-15-7-8-19(21-13-15)26-14-18(24)22-17-9-11-23(12-10-17)20(25)16-5-3-2-4-6-16/h7-8,13,16-17H,2-6,9-12,14H2,1H3,(H,22,24). The number of carbonyl (C=O) groups excluding carboxylic acids is 2. The molecule has 26 heavy (non-hydrogen) atoms. The van der Waals surface area contributed by atoms with E-state index in [1.807, 2.05) is 17.9 Å². The summed E-state index contributed by atoms with van der Waals surface area (Å²) in [5, 5.41) is 3.01. The topological polar surface area (TPSA) is 71.5 Å². The Morgan fingerprint density at radius 3 is 2.54 bits per heavy atom. The summed E-state index contributed by atoms with van der Waals surface area (Å²) in [4.78, 5) is 30.8. The lowest BCUT2D eigenvalue weighted by Crippen LogP contribution is -2.49. The molecule has 1 N–H and O–H groups in total. The van der Waals surface area contributed by atoms with Gasteiger partial charge in [-0.2, -0.15) is 0 Å². The number of aryl methyl sites for hydroxylation is 1. The monoisotopic (exact) mass is 359 g/mol. The molecular formula is C20H29N3O3. The molecule has 1 aromatic rings. The van der Waals surface area contributed by atoms with Crippen molar-refractivity contribution in [2.75, 3.05) is 19.7 Å². The number of aromatic nitrogens is 1. The van der Waals surface area contributed by atoms with E-state index in [0.717, 1.165) is 44.3 Å². The highest BCUT2D eigenvalue weighted by Crippen LogP contribution is 2.26. The van der Waals surface area contributed by atoms with Crippen molar-refractivity contribution in [1.29, 1.82) is 0 Å². The van der Waals surface area contributed by atoms with Crippen LogP contribution in [-0.4, -0.2) is 47.4 Å². The van der Waals surface area contributed by atoms with Gasteiger partial charge in [-0.25, -0.2) is 4.98 Å². The minimum Gasteiger partial charge on any atom is -0.468 e. The van der Waals surface area contributed by atoms with Gasteiger partial charge in [-0.15, -0.1) is 0 Å². The van der Waals surface area contributed by atoms with Crippen LogP contribution >= 0.6 is 0 Å². The van der Waals surface area contributed by atoms with Crippen molar-refractivity contribution in [3.63, 3.8) is 0 Å². The van der Waals surface area contributed by atoms with Crippen LogP contribution in [0, 0.1) is 12.8 Å². The lowest BCUT2D eigenvalue weighted by atomic mass is 9.87. The van der Waals surface area contributed by atoms with E-state index in [9.17, 15) is 9.59 Å². The van der Waals surface area contributed by atoms with Gasteiger partial charge in [0.15, 0.2) is 6.61 Å². The molecule has 1 saturated carbocycles. The summed E-state index contributed by atoms with van der Waals surface area (Å²) in [6.07, 6.45) is 9.04. The van der Waals surface area contributed by atoms with E-state index in [1.165, 1.54) is 19.3 Å². The van der Waals surface area contributed by atoms with Crippen LogP contribution in [0.15, 0.2) is 18.3 Å².